The highest BCUT2D eigenvalue weighted by Gasteiger charge is 2.24. The molecule has 92 valence electrons. The molecule has 0 fully saturated rings. The average molecular weight is 308 g/mol. The molecule has 5 heteroatoms. The number of nitrogens with zero attached hydrogens (tertiary/aromatic N) is 1. The van der Waals surface area contributed by atoms with Gasteiger partial charge in [-0.15, -0.1) is 11.3 Å². The van der Waals surface area contributed by atoms with Gasteiger partial charge in [-0.05, 0) is 34.4 Å². The topological polar surface area (TPSA) is 43.7 Å². The summed E-state index contributed by atoms with van der Waals surface area (Å²) in [7, 11) is 2.00. The van der Waals surface area contributed by atoms with Gasteiger partial charge in [-0.1, -0.05) is 6.92 Å². The molecule has 0 saturated carbocycles. The minimum absolute atomic E-state index is 0.000546. The molecule has 1 rings (SSSR count). The van der Waals surface area contributed by atoms with Crippen molar-refractivity contribution in [3.05, 3.63) is 20.8 Å². The first kappa shape index (κ1) is 14.1. The van der Waals surface area contributed by atoms with Gasteiger partial charge in [-0.2, -0.15) is 0 Å². The summed E-state index contributed by atoms with van der Waals surface area (Å²) in [6, 6.07) is 2.03. The Morgan fingerprint density at radius 2 is 2.06 bits per heavy atom. The van der Waals surface area contributed by atoms with Crippen LogP contribution in [0.3, 0.4) is 0 Å². The van der Waals surface area contributed by atoms with Crippen LogP contribution < -0.4 is 0 Å². The lowest BCUT2D eigenvalue weighted by Gasteiger charge is -2.30. The Hall–Kier alpha value is 0.0600. The van der Waals surface area contributed by atoms with Crippen molar-refractivity contribution in [2.45, 2.75) is 13.5 Å². The summed E-state index contributed by atoms with van der Waals surface area (Å²) < 4.78 is 1.12. The number of aliphatic hydroxyl groups is 2. The second-order valence-corrected chi connectivity index (χ2v) is 6.35. The van der Waals surface area contributed by atoms with Gasteiger partial charge in [-0.3, -0.25) is 0 Å². The van der Waals surface area contributed by atoms with E-state index in [9.17, 15) is 10.2 Å². The van der Waals surface area contributed by atoms with Crippen molar-refractivity contribution in [3.63, 3.8) is 0 Å². The third-order valence-electron chi connectivity index (χ3n) is 2.52. The Balaban J connectivity index is 2.53. The second kappa shape index (κ2) is 6.12. The highest BCUT2D eigenvalue weighted by molar-refractivity contribution is 9.10. The van der Waals surface area contributed by atoms with Crippen molar-refractivity contribution in [2.75, 3.05) is 26.8 Å². The molecule has 0 bridgehead atoms. The maximum atomic E-state index is 9.22. The zero-order chi connectivity index (χ0) is 12.2. The Morgan fingerprint density at radius 3 is 2.50 bits per heavy atom. The summed E-state index contributed by atoms with van der Waals surface area (Å²) in [5, 5.41) is 20.5. The Kier molecular flexibility index (Phi) is 5.40. The van der Waals surface area contributed by atoms with Gasteiger partial charge in [0.2, 0.25) is 0 Å². The van der Waals surface area contributed by atoms with E-state index in [2.05, 4.69) is 20.8 Å². The third kappa shape index (κ3) is 3.82. The molecule has 0 unspecified atom stereocenters. The van der Waals surface area contributed by atoms with Crippen LogP contribution in [0.1, 0.15) is 11.8 Å². The first-order chi connectivity index (χ1) is 7.50. The molecule has 0 aliphatic heterocycles. The predicted octanol–water partition coefficient (Wildman–Crippen LogP) is 1.93. The number of hydrogen-bond donors (Lipinski definition) is 2. The molecule has 0 atom stereocenters. The Bertz CT molecular complexity index is 326. The van der Waals surface area contributed by atoms with Gasteiger partial charge < -0.3 is 15.1 Å². The van der Waals surface area contributed by atoms with Gasteiger partial charge in [0, 0.05) is 27.9 Å². The summed E-state index contributed by atoms with van der Waals surface area (Å²) in [5.41, 5.74) is -0.432. The molecule has 0 aliphatic rings. The molecule has 1 aromatic rings. The van der Waals surface area contributed by atoms with Crippen LogP contribution in [0.4, 0.5) is 0 Å². The van der Waals surface area contributed by atoms with Crippen molar-refractivity contribution in [1.29, 1.82) is 0 Å². The lowest BCUT2D eigenvalue weighted by Crippen LogP contribution is -2.38. The molecule has 1 aromatic heterocycles. The van der Waals surface area contributed by atoms with Gasteiger partial charge >= 0.3 is 0 Å². The van der Waals surface area contributed by atoms with E-state index in [4.69, 9.17) is 0 Å². The lowest BCUT2D eigenvalue weighted by molar-refractivity contribution is 0.0404. The van der Waals surface area contributed by atoms with Gasteiger partial charge in [0.25, 0.3) is 0 Å². The summed E-state index contributed by atoms with van der Waals surface area (Å²) in [6.45, 7) is 3.38. The normalized spacial score (nSPS) is 12.4. The third-order valence-corrected chi connectivity index (χ3v) is 4.43. The van der Waals surface area contributed by atoms with Gasteiger partial charge in [0.1, 0.15) is 0 Å². The van der Waals surface area contributed by atoms with Crippen molar-refractivity contribution < 1.29 is 10.2 Å². The number of aliphatic hydroxyl groups excluding tert-OH is 2. The van der Waals surface area contributed by atoms with E-state index >= 15 is 0 Å². The number of rotatable bonds is 6. The molecule has 16 heavy (non-hydrogen) atoms. The van der Waals surface area contributed by atoms with Crippen LogP contribution in [0.25, 0.3) is 0 Å². The molecule has 0 spiro atoms. The van der Waals surface area contributed by atoms with Gasteiger partial charge in [0.15, 0.2) is 0 Å². The minimum atomic E-state index is -0.432. The van der Waals surface area contributed by atoms with E-state index < -0.39 is 5.41 Å². The van der Waals surface area contributed by atoms with Gasteiger partial charge in [0.05, 0.1) is 13.2 Å². The van der Waals surface area contributed by atoms with Crippen LogP contribution in [0.2, 0.25) is 0 Å². The van der Waals surface area contributed by atoms with E-state index in [1.807, 2.05) is 25.4 Å². The fourth-order valence-corrected chi connectivity index (χ4v) is 3.10. The van der Waals surface area contributed by atoms with Crippen molar-refractivity contribution in [2.24, 2.45) is 5.41 Å². The fraction of sp³-hybridized carbons (Fsp3) is 0.636. The summed E-state index contributed by atoms with van der Waals surface area (Å²) in [5.74, 6) is 0. The number of hydrogen-bond acceptors (Lipinski definition) is 4. The first-order valence-corrected chi connectivity index (χ1v) is 6.80. The van der Waals surface area contributed by atoms with E-state index in [0.717, 1.165) is 11.0 Å². The van der Waals surface area contributed by atoms with Gasteiger partial charge in [-0.25, -0.2) is 0 Å². The van der Waals surface area contributed by atoms with Crippen LogP contribution >= 0.6 is 27.3 Å². The molecular weight excluding hydrogens is 290 g/mol. The summed E-state index contributed by atoms with van der Waals surface area (Å²) in [4.78, 5) is 3.38. The maximum absolute atomic E-state index is 9.22. The molecule has 2 N–H and O–H groups in total. The lowest BCUT2D eigenvalue weighted by atomic mass is 9.92. The monoisotopic (exact) mass is 307 g/mol. The molecular formula is C11H18BrNO2S. The van der Waals surface area contributed by atoms with E-state index in [-0.39, 0.29) is 13.2 Å². The quantitative estimate of drug-likeness (QED) is 0.844. The van der Waals surface area contributed by atoms with Crippen molar-refractivity contribution in [3.8, 4) is 0 Å². The molecule has 0 saturated heterocycles. The van der Waals surface area contributed by atoms with Crippen LogP contribution in [0.15, 0.2) is 15.9 Å². The molecule has 1 heterocycles. The second-order valence-electron chi connectivity index (χ2n) is 4.49. The summed E-state index contributed by atoms with van der Waals surface area (Å²) >= 11 is 5.20. The average Bonchev–Trinajstić information content (AvgIpc) is 2.64. The fourth-order valence-electron chi connectivity index (χ4n) is 1.54. The number of thiophene rings is 1. The zero-order valence-corrected chi connectivity index (χ0v) is 12.0. The summed E-state index contributed by atoms with van der Waals surface area (Å²) in [6.07, 6.45) is 0. The van der Waals surface area contributed by atoms with E-state index in [0.29, 0.717) is 6.54 Å². The highest BCUT2D eigenvalue weighted by Crippen LogP contribution is 2.25. The highest BCUT2D eigenvalue weighted by atomic mass is 79.9. The maximum Gasteiger partial charge on any atom is 0.0519 e. The Labute approximate surface area is 109 Å². The van der Waals surface area contributed by atoms with Crippen LogP contribution in [0.5, 0.6) is 0 Å². The first-order valence-electron chi connectivity index (χ1n) is 5.13. The molecule has 0 aliphatic carbocycles. The number of halogens is 1. The molecule has 0 radical (unpaired) electrons. The van der Waals surface area contributed by atoms with E-state index in [1.54, 1.807) is 11.3 Å². The van der Waals surface area contributed by atoms with Crippen molar-refractivity contribution >= 4 is 27.3 Å². The largest absolute Gasteiger partial charge is 0.396 e. The minimum Gasteiger partial charge on any atom is -0.396 e. The van der Waals surface area contributed by atoms with Crippen molar-refractivity contribution in [1.82, 2.24) is 4.90 Å². The molecule has 0 amide bonds. The van der Waals surface area contributed by atoms with E-state index in [1.165, 1.54) is 4.88 Å². The zero-order valence-electron chi connectivity index (χ0n) is 9.61. The molecule has 0 aromatic carbocycles. The predicted molar refractivity (Wildman–Crippen MR) is 70.6 cm³/mol. The smallest absolute Gasteiger partial charge is 0.0519 e. The standard InChI is InChI=1S/C11H18BrNO2S/c1-11(7-14,8-15)6-13(2)5-10-9(12)3-4-16-10/h3-4,14-15H,5-8H2,1-2H3. The van der Waals surface area contributed by atoms with Crippen LogP contribution in [0, 0.1) is 5.41 Å². The van der Waals surface area contributed by atoms with Crippen LogP contribution in [-0.4, -0.2) is 41.9 Å². The Morgan fingerprint density at radius 1 is 1.44 bits per heavy atom. The SMILES string of the molecule is CN(Cc1sccc1Br)CC(C)(CO)CO. The van der Waals surface area contributed by atoms with Crippen LogP contribution in [-0.2, 0) is 6.54 Å². The molecule has 3 nitrogen and oxygen atoms in total.